The molecule has 0 radical (unpaired) electrons. The van der Waals surface area contributed by atoms with E-state index >= 15 is 0 Å². The molecule has 1 aromatic carbocycles. The van der Waals surface area contributed by atoms with E-state index in [9.17, 15) is 14.9 Å². The van der Waals surface area contributed by atoms with Crippen LogP contribution in [0.25, 0.3) is 0 Å². The van der Waals surface area contributed by atoms with Crippen molar-refractivity contribution in [3.8, 4) is 0 Å². The van der Waals surface area contributed by atoms with Crippen LogP contribution in [0.5, 0.6) is 0 Å². The van der Waals surface area contributed by atoms with Crippen molar-refractivity contribution in [3.63, 3.8) is 0 Å². The Morgan fingerprint density at radius 2 is 2.20 bits per heavy atom. The van der Waals surface area contributed by atoms with Crippen molar-refractivity contribution in [1.82, 2.24) is 0 Å². The predicted molar refractivity (Wildman–Crippen MR) is 59.3 cm³/mol. The van der Waals surface area contributed by atoms with Gasteiger partial charge in [0.25, 0.3) is 5.69 Å². The lowest BCUT2D eigenvalue weighted by molar-refractivity contribution is -0.387. The molecule has 1 rings (SSSR count). The van der Waals surface area contributed by atoms with E-state index in [1.807, 2.05) is 0 Å². The topological polar surface area (TPSA) is 60.2 Å². The van der Waals surface area contributed by atoms with Gasteiger partial charge in [0.1, 0.15) is 5.78 Å². The first-order valence-corrected chi connectivity index (χ1v) is 5.58. The highest BCUT2D eigenvalue weighted by Gasteiger charge is 2.13. The number of nitro groups is 1. The second-order valence-electron chi connectivity index (χ2n) is 3.14. The Balaban J connectivity index is 3.07. The summed E-state index contributed by atoms with van der Waals surface area (Å²) in [4.78, 5) is 21.7. The minimum absolute atomic E-state index is 0.0518. The zero-order valence-corrected chi connectivity index (χ0v) is 9.34. The normalized spacial score (nSPS) is 10.0. The fraction of sp³-hybridized carbons (Fsp3) is 0.300. The maximum Gasteiger partial charge on any atom is 0.282 e. The van der Waals surface area contributed by atoms with Crippen LogP contribution in [0.3, 0.4) is 0 Å². The van der Waals surface area contributed by atoms with Gasteiger partial charge in [0.15, 0.2) is 0 Å². The van der Waals surface area contributed by atoms with Gasteiger partial charge < -0.3 is 0 Å². The van der Waals surface area contributed by atoms with E-state index in [1.54, 1.807) is 18.4 Å². The van der Waals surface area contributed by atoms with Crippen molar-refractivity contribution < 1.29 is 9.72 Å². The average molecular weight is 225 g/mol. The number of nitrogens with zero attached hydrogens (tertiary/aromatic N) is 1. The summed E-state index contributed by atoms with van der Waals surface area (Å²) in [5.74, 6) is 0.0518. The van der Waals surface area contributed by atoms with Crippen molar-refractivity contribution in [1.29, 1.82) is 0 Å². The number of thioether (sulfide) groups is 1. The summed E-state index contributed by atoms with van der Waals surface area (Å²) in [5.41, 5.74) is 0.909. The number of hydrogen-bond donors (Lipinski definition) is 0. The molecular formula is C10H11NO3S. The monoisotopic (exact) mass is 225 g/mol. The maximum atomic E-state index is 10.9. The fourth-order valence-electron chi connectivity index (χ4n) is 1.27. The van der Waals surface area contributed by atoms with Crippen molar-refractivity contribution in [2.45, 2.75) is 18.2 Å². The first-order valence-electron chi connectivity index (χ1n) is 4.35. The molecule has 0 spiro atoms. The van der Waals surface area contributed by atoms with Crippen molar-refractivity contribution in [2.24, 2.45) is 0 Å². The van der Waals surface area contributed by atoms with Crippen LogP contribution >= 0.6 is 11.8 Å². The predicted octanol–water partition coefficient (Wildman–Crippen LogP) is 2.45. The van der Waals surface area contributed by atoms with Gasteiger partial charge in [0.05, 0.1) is 9.82 Å². The number of ketones is 1. The van der Waals surface area contributed by atoms with Crippen LogP contribution in [0.4, 0.5) is 5.69 Å². The van der Waals surface area contributed by atoms with Crippen LogP contribution < -0.4 is 0 Å². The first-order chi connectivity index (χ1) is 7.04. The minimum Gasteiger partial charge on any atom is -0.300 e. The van der Waals surface area contributed by atoms with Crippen LogP contribution in [-0.4, -0.2) is 17.0 Å². The second kappa shape index (κ2) is 4.93. The highest BCUT2D eigenvalue weighted by molar-refractivity contribution is 7.98. The van der Waals surface area contributed by atoms with Gasteiger partial charge >= 0.3 is 0 Å². The van der Waals surface area contributed by atoms with Crippen molar-refractivity contribution in [2.75, 3.05) is 6.26 Å². The van der Waals surface area contributed by atoms with E-state index in [0.29, 0.717) is 11.3 Å². The Morgan fingerprint density at radius 3 is 2.67 bits per heavy atom. The maximum absolute atomic E-state index is 10.9. The van der Waals surface area contributed by atoms with E-state index in [2.05, 4.69) is 0 Å². The summed E-state index contributed by atoms with van der Waals surface area (Å²) in [6, 6.07) is 4.77. The molecule has 0 aliphatic carbocycles. The van der Waals surface area contributed by atoms with E-state index in [-0.39, 0.29) is 11.5 Å². The molecule has 4 nitrogen and oxygen atoms in total. The third-order valence-electron chi connectivity index (χ3n) is 1.89. The van der Waals surface area contributed by atoms with Gasteiger partial charge in [-0.25, -0.2) is 0 Å². The number of rotatable bonds is 4. The number of nitro benzene ring substituents is 1. The van der Waals surface area contributed by atoms with E-state index in [0.717, 1.165) is 5.56 Å². The number of carbonyl (C=O) groups is 1. The Kier molecular flexibility index (Phi) is 3.85. The molecule has 0 aliphatic heterocycles. The molecule has 0 amide bonds. The molecule has 0 saturated carbocycles. The minimum atomic E-state index is -0.413. The summed E-state index contributed by atoms with van der Waals surface area (Å²) >= 11 is 1.31. The third kappa shape index (κ3) is 3.06. The van der Waals surface area contributed by atoms with Gasteiger partial charge in [0, 0.05) is 12.5 Å². The molecule has 5 heteroatoms. The highest BCUT2D eigenvalue weighted by Crippen LogP contribution is 2.28. The van der Waals surface area contributed by atoms with Gasteiger partial charge in [-0.15, -0.1) is 11.8 Å². The lowest BCUT2D eigenvalue weighted by Gasteiger charge is -2.02. The summed E-state index contributed by atoms with van der Waals surface area (Å²) < 4.78 is 0. The second-order valence-corrected chi connectivity index (χ2v) is 3.99. The fourth-order valence-corrected chi connectivity index (χ4v) is 1.89. The Bertz CT molecular complexity index is 404. The van der Waals surface area contributed by atoms with Crippen LogP contribution in [-0.2, 0) is 11.2 Å². The molecule has 0 bridgehead atoms. The summed E-state index contributed by atoms with van der Waals surface area (Å²) in [7, 11) is 0. The molecule has 0 aromatic heterocycles. The van der Waals surface area contributed by atoms with Gasteiger partial charge in [0.2, 0.25) is 0 Å². The Labute approximate surface area is 91.8 Å². The molecule has 0 fully saturated rings. The molecule has 0 heterocycles. The van der Waals surface area contributed by atoms with Crippen molar-refractivity contribution >= 4 is 23.2 Å². The number of Topliss-reactive ketones (excluding diaryl/α,β-unsaturated/α-hetero) is 1. The Morgan fingerprint density at radius 1 is 1.53 bits per heavy atom. The molecule has 15 heavy (non-hydrogen) atoms. The van der Waals surface area contributed by atoms with Crippen LogP contribution in [0.2, 0.25) is 0 Å². The lowest BCUT2D eigenvalue weighted by atomic mass is 10.1. The standard InChI is InChI=1S/C10H11NO3S/c1-7(12)5-8-3-4-9(11(13)14)10(6-8)15-2/h3-4,6H,5H2,1-2H3. The third-order valence-corrected chi connectivity index (χ3v) is 2.66. The first kappa shape index (κ1) is 11.7. The van der Waals surface area contributed by atoms with E-state index in [1.165, 1.54) is 24.8 Å². The summed E-state index contributed by atoms with van der Waals surface area (Å²) in [6.07, 6.45) is 2.10. The van der Waals surface area contributed by atoms with Gasteiger partial charge in [-0.05, 0) is 24.8 Å². The zero-order chi connectivity index (χ0) is 11.4. The number of carbonyl (C=O) groups excluding carboxylic acids is 1. The quantitative estimate of drug-likeness (QED) is 0.448. The molecule has 0 unspecified atom stereocenters. The zero-order valence-electron chi connectivity index (χ0n) is 8.52. The van der Waals surface area contributed by atoms with Gasteiger partial charge in [-0.2, -0.15) is 0 Å². The number of hydrogen-bond acceptors (Lipinski definition) is 4. The molecule has 0 saturated heterocycles. The van der Waals surface area contributed by atoms with Gasteiger partial charge in [-0.1, -0.05) is 6.07 Å². The largest absolute Gasteiger partial charge is 0.300 e. The van der Waals surface area contributed by atoms with E-state index < -0.39 is 4.92 Å². The Hall–Kier alpha value is -1.36. The summed E-state index contributed by atoms with van der Waals surface area (Å²) in [6.45, 7) is 1.50. The number of benzene rings is 1. The van der Waals surface area contributed by atoms with Crippen molar-refractivity contribution in [3.05, 3.63) is 33.9 Å². The molecule has 0 atom stereocenters. The van der Waals surface area contributed by atoms with E-state index in [4.69, 9.17) is 0 Å². The molecule has 0 aliphatic rings. The van der Waals surface area contributed by atoms with Crippen LogP contribution in [0.1, 0.15) is 12.5 Å². The summed E-state index contributed by atoms with van der Waals surface area (Å²) in [5, 5.41) is 10.6. The average Bonchev–Trinajstić information content (AvgIpc) is 2.16. The van der Waals surface area contributed by atoms with Gasteiger partial charge in [-0.3, -0.25) is 14.9 Å². The van der Waals surface area contributed by atoms with Crippen LogP contribution in [0.15, 0.2) is 23.1 Å². The molecular weight excluding hydrogens is 214 g/mol. The van der Waals surface area contributed by atoms with Crippen LogP contribution in [0, 0.1) is 10.1 Å². The molecule has 80 valence electrons. The molecule has 0 N–H and O–H groups in total. The molecule has 1 aromatic rings. The highest BCUT2D eigenvalue weighted by atomic mass is 32.2. The lowest BCUT2D eigenvalue weighted by Crippen LogP contribution is -1.98. The SMILES string of the molecule is CSc1cc(CC(C)=O)ccc1[N+](=O)[O-]. The smallest absolute Gasteiger partial charge is 0.282 e.